The van der Waals surface area contributed by atoms with Gasteiger partial charge in [-0.05, 0) is 61.8 Å². The molecule has 5 rings (SSSR count). The van der Waals surface area contributed by atoms with Gasteiger partial charge >= 0.3 is 12.1 Å². The van der Waals surface area contributed by atoms with Crippen LogP contribution in [0.25, 0.3) is 10.9 Å². The van der Waals surface area contributed by atoms with E-state index in [4.69, 9.17) is 30.3 Å². The number of fused-ring (bicyclic) bond motifs is 3. The number of carbonyl (C=O) groups is 4. The van der Waals surface area contributed by atoms with Gasteiger partial charge in [0.05, 0.1) is 25.2 Å². The number of benzene rings is 2. The van der Waals surface area contributed by atoms with Gasteiger partial charge in [0.2, 0.25) is 11.8 Å². The van der Waals surface area contributed by atoms with E-state index in [9.17, 15) is 24.3 Å². The van der Waals surface area contributed by atoms with Crippen molar-refractivity contribution in [2.24, 2.45) is 16.7 Å². The van der Waals surface area contributed by atoms with Gasteiger partial charge in [-0.2, -0.15) is 0 Å². The first-order valence-corrected chi connectivity index (χ1v) is 19.7. The monoisotopic (exact) mass is 811 g/mol. The van der Waals surface area contributed by atoms with Crippen LogP contribution in [0.4, 0.5) is 4.79 Å². The summed E-state index contributed by atoms with van der Waals surface area (Å²) in [4.78, 5) is 54.4. The minimum Gasteiger partial charge on any atom is -0.481 e. The molecule has 2 aliphatic carbocycles. The molecular formula is C42H61N5O11. The molecule has 2 aromatic carbocycles. The molecule has 2 fully saturated rings. The van der Waals surface area contributed by atoms with Crippen LogP contribution >= 0.6 is 0 Å². The maximum absolute atomic E-state index is 14.0. The fraction of sp³-hybridized carbons (Fsp3) is 0.571. The lowest BCUT2D eigenvalue weighted by molar-refractivity contribution is -0.138. The number of aromatic nitrogens is 1. The quantitative estimate of drug-likeness (QED) is 0.0881. The predicted octanol–water partition coefficient (Wildman–Crippen LogP) is 1.89. The number of ether oxygens (including phenoxy) is 1. The number of rotatable bonds is 18. The third kappa shape index (κ3) is 10.9. The van der Waals surface area contributed by atoms with Crippen molar-refractivity contribution in [3.8, 4) is 0 Å². The predicted molar refractivity (Wildman–Crippen MR) is 215 cm³/mol. The average molecular weight is 812 g/mol. The van der Waals surface area contributed by atoms with Gasteiger partial charge in [-0.1, -0.05) is 69.3 Å². The molecule has 9 atom stereocenters. The van der Waals surface area contributed by atoms with Crippen molar-refractivity contribution in [2.75, 3.05) is 26.7 Å². The number of alkyl carbamates (subject to hydrolysis) is 1. The first-order valence-electron chi connectivity index (χ1n) is 19.7. The van der Waals surface area contributed by atoms with Gasteiger partial charge in [0, 0.05) is 48.4 Å². The molecule has 16 nitrogen and oxygen atoms in total. The lowest BCUT2D eigenvalue weighted by Crippen LogP contribution is -2.59. The van der Waals surface area contributed by atoms with Crippen LogP contribution in [0.1, 0.15) is 77.0 Å². The number of amides is 3. The lowest BCUT2D eigenvalue weighted by Gasteiger charge is -2.39. The van der Waals surface area contributed by atoms with E-state index in [2.05, 4.69) is 47.0 Å². The molecule has 3 amide bonds. The topological polar surface area (TPSA) is 263 Å². The second-order valence-electron chi connectivity index (χ2n) is 16.5. The number of aliphatic hydroxyl groups excluding tert-OH is 5. The number of para-hydroxylation sites is 1. The highest BCUT2D eigenvalue weighted by molar-refractivity contribution is 5.91. The zero-order valence-electron chi connectivity index (χ0n) is 33.9. The Morgan fingerprint density at radius 3 is 2.19 bits per heavy atom. The third-order valence-electron chi connectivity index (χ3n) is 12.4. The van der Waals surface area contributed by atoms with Crippen LogP contribution < -0.4 is 21.3 Å². The Morgan fingerprint density at radius 2 is 1.59 bits per heavy atom. The highest BCUT2D eigenvalue weighted by Gasteiger charge is 2.63. The minimum atomic E-state index is -1.55. The largest absolute Gasteiger partial charge is 0.481 e. The lowest BCUT2D eigenvalue weighted by atomic mass is 9.70. The Labute approximate surface area is 338 Å². The van der Waals surface area contributed by atoms with Crippen LogP contribution in [-0.4, -0.2) is 122 Å². The van der Waals surface area contributed by atoms with Crippen molar-refractivity contribution in [3.63, 3.8) is 0 Å². The van der Waals surface area contributed by atoms with Gasteiger partial charge in [-0.25, -0.2) is 4.79 Å². The molecule has 320 valence electrons. The molecule has 3 aromatic rings. The molecule has 2 aliphatic rings. The van der Waals surface area contributed by atoms with Crippen molar-refractivity contribution in [2.45, 2.75) is 108 Å². The van der Waals surface area contributed by atoms with Crippen molar-refractivity contribution in [1.82, 2.24) is 26.3 Å². The van der Waals surface area contributed by atoms with Gasteiger partial charge in [-0.15, -0.1) is 0 Å². The number of aliphatic hydroxyl groups is 5. The van der Waals surface area contributed by atoms with Crippen molar-refractivity contribution < 1.29 is 54.6 Å². The van der Waals surface area contributed by atoms with E-state index in [0.717, 1.165) is 41.3 Å². The molecule has 0 saturated heterocycles. The number of hydrogen-bond acceptors (Lipinski definition) is 11. The van der Waals surface area contributed by atoms with E-state index in [1.165, 1.54) is 0 Å². The number of hydrogen-bond donors (Lipinski definition) is 11. The van der Waals surface area contributed by atoms with Gasteiger partial charge in [-0.3, -0.25) is 14.4 Å². The minimum absolute atomic E-state index is 0.0262. The summed E-state index contributed by atoms with van der Waals surface area (Å²) in [7, 11) is 1.57. The second-order valence-corrected chi connectivity index (χ2v) is 16.5. The number of carbonyl (C=O) groups excluding carboxylic acids is 3. The first kappa shape index (κ1) is 46.1. The molecule has 1 aromatic heterocycles. The normalized spacial score (nSPS) is 22.9. The van der Waals surface area contributed by atoms with Crippen molar-refractivity contribution in [1.29, 1.82) is 0 Å². The summed E-state index contributed by atoms with van der Waals surface area (Å²) in [6.07, 6.45) is -2.04. The zero-order chi connectivity index (χ0) is 42.8. The van der Waals surface area contributed by atoms with Crippen LogP contribution in [0, 0.1) is 16.7 Å². The smallest absolute Gasteiger partial charge is 0.408 e. The molecule has 0 aliphatic heterocycles. The summed E-state index contributed by atoms with van der Waals surface area (Å²) in [6, 6.07) is 16.3. The highest BCUT2D eigenvalue weighted by Crippen LogP contribution is 2.66. The number of aromatic amines is 1. The van der Waals surface area contributed by atoms with Gasteiger partial charge in [0.1, 0.15) is 30.0 Å². The Balaban J connectivity index is 0.000000492. The standard InChI is InChI=1S/C35H44N4O6.C7H17NO5/c1-33(2)24-16-17-34(33,3)28(18-24)45-32(44)39-35(4,19-23-20-36-26-13-9-8-12-25(23)26)31(43)37-21-27(22-10-6-5-7-11-22)38-29(40)14-15-30(41)42;1-8-2-4(10)6(12)7(13)5(11)3-9/h5-13,20,24,27-28,36H,14-19,21H2,1-4H3,(H,37,43)(H,38,40)(H,39,44)(H,41,42);4-13H,2-3H2,1H3/t24-,27-,28+,34+,35+;4-,5+,6+,7+/m00/s1. The summed E-state index contributed by atoms with van der Waals surface area (Å²) < 4.78 is 6.09. The second kappa shape index (κ2) is 19.9. The number of carboxylic acid groups (broad SMARTS) is 1. The van der Waals surface area contributed by atoms with Crippen molar-refractivity contribution >= 4 is 34.8 Å². The van der Waals surface area contributed by atoms with E-state index in [-0.39, 0.29) is 49.3 Å². The molecule has 0 unspecified atom stereocenters. The van der Waals surface area contributed by atoms with E-state index in [1.807, 2.05) is 60.8 Å². The number of aliphatic carboxylic acids is 1. The van der Waals surface area contributed by atoms with Crippen LogP contribution in [0.2, 0.25) is 0 Å². The van der Waals surface area contributed by atoms with Crippen LogP contribution in [0.5, 0.6) is 0 Å². The third-order valence-corrected chi connectivity index (χ3v) is 12.4. The molecule has 2 bridgehead atoms. The Kier molecular flexibility index (Phi) is 15.8. The average Bonchev–Trinajstić information content (AvgIpc) is 3.76. The van der Waals surface area contributed by atoms with E-state index < -0.39 is 66.5 Å². The Bertz CT molecular complexity index is 1840. The van der Waals surface area contributed by atoms with Crippen LogP contribution in [0.3, 0.4) is 0 Å². The number of nitrogens with one attached hydrogen (secondary N) is 5. The van der Waals surface area contributed by atoms with Gasteiger partial charge in [0.15, 0.2) is 0 Å². The van der Waals surface area contributed by atoms with Crippen LogP contribution in [0.15, 0.2) is 60.8 Å². The molecular weight excluding hydrogens is 750 g/mol. The highest BCUT2D eigenvalue weighted by atomic mass is 16.6. The van der Waals surface area contributed by atoms with E-state index >= 15 is 0 Å². The molecule has 0 radical (unpaired) electrons. The SMILES string of the molecule is CC1(C)[C@H]2CC[C@]1(C)[C@H](OC(=O)N[C@](C)(Cc1c[nH]c3ccccc13)C(=O)NC[C@H](NC(=O)CCC(=O)O)c1ccccc1)C2.CNC[C@H](O)[C@@H](O)[C@H](O)[C@H](O)CO. The Hall–Kier alpha value is -4.58. The number of carboxylic acids is 1. The summed E-state index contributed by atoms with van der Waals surface area (Å²) in [5.41, 5.74) is 1.06. The molecule has 11 N–H and O–H groups in total. The summed E-state index contributed by atoms with van der Waals surface area (Å²) in [5.74, 6) is -1.46. The first-order chi connectivity index (χ1) is 27.4. The number of H-pyrrole nitrogens is 1. The zero-order valence-corrected chi connectivity index (χ0v) is 33.9. The van der Waals surface area contributed by atoms with Crippen molar-refractivity contribution in [3.05, 3.63) is 71.9 Å². The molecule has 2 saturated carbocycles. The molecule has 1 heterocycles. The maximum atomic E-state index is 14.0. The van der Waals surface area contributed by atoms with Gasteiger partial charge < -0.3 is 61.6 Å². The fourth-order valence-corrected chi connectivity index (χ4v) is 8.24. The maximum Gasteiger partial charge on any atom is 0.408 e. The Morgan fingerprint density at radius 1 is 0.931 bits per heavy atom. The summed E-state index contributed by atoms with van der Waals surface area (Å²) >= 11 is 0. The number of likely N-dealkylation sites (N-methyl/N-ethyl adjacent to an activating group) is 1. The molecule has 0 spiro atoms. The summed E-state index contributed by atoms with van der Waals surface area (Å²) in [5, 5.41) is 66.1. The van der Waals surface area contributed by atoms with E-state index in [0.29, 0.717) is 5.92 Å². The van der Waals surface area contributed by atoms with E-state index in [1.54, 1.807) is 14.0 Å². The molecule has 16 heteroatoms. The van der Waals surface area contributed by atoms with Crippen LogP contribution in [-0.2, 0) is 25.5 Å². The van der Waals surface area contributed by atoms with Gasteiger partial charge in [0.25, 0.3) is 0 Å². The molecule has 58 heavy (non-hydrogen) atoms. The fourth-order valence-electron chi connectivity index (χ4n) is 8.24. The summed E-state index contributed by atoms with van der Waals surface area (Å²) in [6.45, 7) is 7.85.